The minimum atomic E-state index is -0.0588. The lowest BCUT2D eigenvalue weighted by Crippen LogP contribution is -2.38. The van der Waals surface area contributed by atoms with Gasteiger partial charge >= 0.3 is 0 Å². The second-order valence-electron chi connectivity index (χ2n) is 6.03. The summed E-state index contributed by atoms with van der Waals surface area (Å²) in [5.74, 6) is 0.613. The van der Waals surface area contributed by atoms with Gasteiger partial charge in [-0.15, -0.1) is 0 Å². The van der Waals surface area contributed by atoms with Gasteiger partial charge in [-0.05, 0) is 54.6 Å². The van der Waals surface area contributed by atoms with Crippen molar-refractivity contribution in [2.75, 3.05) is 0 Å². The van der Waals surface area contributed by atoms with E-state index in [-0.39, 0.29) is 6.10 Å². The van der Waals surface area contributed by atoms with Crippen LogP contribution in [0.15, 0.2) is 24.3 Å². The molecule has 2 aliphatic rings. The van der Waals surface area contributed by atoms with Crippen LogP contribution in [-0.4, -0.2) is 11.2 Å². The van der Waals surface area contributed by atoms with Gasteiger partial charge in [0.15, 0.2) is 0 Å². The largest absolute Gasteiger partial charge is 0.393 e. The third-order valence-corrected chi connectivity index (χ3v) is 5.19. The van der Waals surface area contributed by atoms with E-state index in [0.29, 0.717) is 11.3 Å². The molecule has 0 radical (unpaired) electrons. The molecule has 2 unspecified atom stereocenters. The number of hydrogen-bond donors (Lipinski definition) is 1. The number of aliphatic hydroxyl groups is 1. The number of benzene rings is 1. The predicted octanol–water partition coefficient (Wildman–Crippen LogP) is 3.66. The van der Waals surface area contributed by atoms with Gasteiger partial charge in [0.25, 0.3) is 0 Å². The Morgan fingerprint density at radius 1 is 1.24 bits per heavy atom. The van der Waals surface area contributed by atoms with Gasteiger partial charge in [-0.2, -0.15) is 0 Å². The minimum absolute atomic E-state index is 0.0588. The quantitative estimate of drug-likeness (QED) is 0.721. The summed E-state index contributed by atoms with van der Waals surface area (Å²) in [5, 5.41) is 9.99. The van der Waals surface area contributed by atoms with Crippen LogP contribution in [0.4, 0.5) is 0 Å². The van der Waals surface area contributed by atoms with Crippen molar-refractivity contribution in [3.63, 3.8) is 0 Å². The van der Waals surface area contributed by atoms with Crippen molar-refractivity contribution in [2.24, 2.45) is 5.41 Å². The molecule has 0 saturated heterocycles. The number of aliphatic hydroxyl groups excluding tert-OH is 1. The van der Waals surface area contributed by atoms with E-state index in [4.69, 9.17) is 0 Å². The molecule has 2 aliphatic carbocycles. The van der Waals surface area contributed by atoms with Crippen molar-refractivity contribution in [1.29, 1.82) is 0 Å². The van der Waals surface area contributed by atoms with E-state index in [9.17, 15) is 5.11 Å². The molecule has 1 nitrogen and oxygen atoms in total. The topological polar surface area (TPSA) is 20.2 Å². The highest BCUT2D eigenvalue weighted by Crippen LogP contribution is 2.53. The van der Waals surface area contributed by atoms with Crippen LogP contribution in [0.1, 0.15) is 56.1 Å². The second kappa shape index (κ2) is 4.13. The lowest BCUT2D eigenvalue weighted by atomic mass is 9.58. The van der Waals surface area contributed by atoms with Crippen LogP contribution in [0.25, 0.3) is 0 Å². The Bertz CT molecular complexity index is 412. The first-order chi connectivity index (χ1) is 8.21. The number of fused-ring (bicyclic) bond motifs is 1. The van der Waals surface area contributed by atoms with Crippen LogP contribution in [0.5, 0.6) is 0 Å². The number of rotatable bonds is 0. The maximum Gasteiger partial charge on any atom is 0.0545 e. The molecule has 1 aromatic carbocycles. The summed E-state index contributed by atoms with van der Waals surface area (Å²) >= 11 is 0. The lowest BCUT2D eigenvalue weighted by molar-refractivity contribution is 0.0225. The molecule has 1 spiro atoms. The fraction of sp³-hybridized carbons (Fsp3) is 0.625. The van der Waals surface area contributed by atoms with Gasteiger partial charge in [0.1, 0.15) is 0 Å². The normalized spacial score (nSPS) is 36.8. The van der Waals surface area contributed by atoms with E-state index in [1.54, 1.807) is 0 Å². The minimum Gasteiger partial charge on any atom is -0.393 e. The lowest BCUT2D eigenvalue weighted by Gasteiger charge is -2.47. The molecule has 92 valence electrons. The SMILES string of the molecule is C[C@@H]1c2ccccc2CCC12CCCC(O)C2. The van der Waals surface area contributed by atoms with E-state index in [1.807, 2.05) is 0 Å². The Kier molecular flexibility index (Phi) is 2.74. The molecule has 1 aromatic rings. The van der Waals surface area contributed by atoms with Gasteiger partial charge < -0.3 is 5.11 Å². The first-order valence-electron chi connectivity index (χ1n) is 6.97. The van der Waals surface area contributed by atoms with Crippen molar-refractivity contribution >= 4 is 0 Å². The average Bonchev–Trinajstić information content (AvgIpc) is 2.35. The van der Waals surface area contributed by atoms with E-state index >= 15 is 0 Å². The third kappa shape index (κ3) is 1.81. The highest BCUT2D eigenvalue weighted by atomic mass is 16.3. The monoisotopic (exact) mass is 230 g/mol. The molecule has 0 aliphatic heterocycles. The Hall–Kier alpha value is -0.820. The van der Waals surface area contributed by atoms with Crippen molar-refractivity contribution in [2.45, 2.75) is 57.5 Å². The molecule has 17 heavy (non-hydrogen) atoms. The summed E-state index contributed by atoms with van der Waals surface area (Å²) in [6.07, 6.45) is 6.94. The summed E-state index contributed by atoms with van der Waals surface area (Å²) in [4.78, 5) is 0. The Labute approximate surface area is 104 Å². The fourth-order valence-electron chi connectivity index (χ4n) is 4.10. The number of hydrogen-bond acceptors (Lipinski definition) is 1. The van der Waals surface area contributed by atoms with Crippen LogP contribution in [-0.2, 0) is 6.42 Å². The molecule has 0 aromatic heterocycles. The van der Waals surface area contributed by atoms with Crippen LogP contribution in [0, 0.1) is 5.41 Å². The maximum atomic E-state index is 9.99. The molecule has 0 heterocycles. The van der Waals surface area contributed by atoms with Gasteiger partial charge in [-0.25, -0.2) is 0 Å². The fourth-order valence-corrected chi connectivity index (χ4v) is 4.10. The zero-order valence-electron chi connectivity index (χ0n) is 10.7. The van der Waals surface area contributed by atoms with Crippen LogP contribution < -0.4 is 0 Å². The summed E-state index contributed by atoms with van der Waals surface area (Å²) in [6.45, 7) is 2.37. The molecule has 3 rings (SSSR count). The van der Waals surface area contributed by atoms with E-state index < -0.39 is 0 Å². The van der Waals surface area contributed by atoms with Crippen molar-refractivity contribution in [3.05, 3.63) is 35.4 Å². The average molecular weight is 230 g/mol. The molecule has 1 fully saturated rings. The molecular formula is C16H22O. The zero-order valence-corrected chi connectivity index (χ0v) is 10.7. The highest BCUT2D eigenvalue weighted by Gasteiger charge is 2.43. The van der Waals surface area contributed by atoms with E-state index in [1.165, 1.54) is 36.8 Å². The predicted molar refractivity (Wildman–Crippen MR) is 70.1 cm³/mol. The molecule has 3 atom stereocenters. The Morgan fingerprint density at radius 3 is 2.88 bits per heavy atom. The summed E-state index contributed by atoms with van der Waals surface area (Å²) in [6, 6.07) is 8.88. The Balaban J connectivity index is 1.95. The Morgan fingerprint density at radius 2 is 2.06 bits per heavy atom. The number of aryl methyl sites for hydroxylation is 1. The van der Waals surface area contributed by atoms with Crippen LogP contribution in [0.2, 0.25) is 0 Å². The van der Waals surface area contributed by atoms with Crippen molar-refractivity contribution < 1.29 is 5.11 Å². The van der Waals surface area contributed by atoms with Crippen LogP contribution in [0.3, 0.4) is 0 Å². The van der Waals surface area contributed by atoms with Gasteiger partial charge in [-0.1, -0.05) is 37.6 Å². The van der Waals surface area contributed by atoms with Crippen molar-refractivity contribution in [3.8, 4) is 0 Å². The molecular weight excluding hydrogens is 208 g/mol. The van der Waals surface area contributed by atoms with Gasteiger partial charge in [0, 0.05) is 0 Å². The summed E-state index contributed by atoms with van der Waals surface area (Å²) in [7, 11) is 0. The van der Waals surface area contributed by atoms with E-state index in [2.05, 4.69) is 31.2 Å². The van der Waals surface area contributed by atoms with Gasteiger partial charge in [0.05, 0.1) is 6.10 Å². The second-order valence-corrected chi connectivity index (χ2v) is 6.03. The summed E-state index contributed by atoms with van der Waals surface area (Å²) < 4.78 is 0. The first-order valence-corrected chi connectivity index (χ1v) is 6.97. The van der Waals surface area contributed by atoms with Crippen LogP contribution >= 0.6 is 0 Å². The molecule has 1 saturated carbocycles. The third-order valence-electron chi connectivity index (χ3n) is 5.19. The molecule has 1 heteroatoms. The molecule has 0 amide bonds. The zero-order chi connectivity index (χ0) is 11.9. The van der Waals surface area contributed by atoms with E-state index in [0.717, 1.165) is 12.8 Å². The maximum absolute atomic E-state index is 9.99. The first kappa shape index (κ1) is 11.3. The standard InChI is InChI=1S/C16H22O/c1-12-15-7-3-2-5-13(15)8-10-16(12)9-4-6-14(17)11-16/h2-3,5,7,12,14,17H,4,6,8-11H2,1H3/t12-,14?,16?/m1/s1. The van der Waals surface area contributed by atoms with Gasteiger partial charge in [0.2, 0.25) is 0 Å². The highest BCUT2D eigenvalue weighted by molar-refractivity contribution is 5.34. The molecule has 0 bridgehead atoms. The molecule has 1 N–H and O–H groups in total. The summed E-state index contributed by atoms with van der Waals surface area (Å²) in [5.41, 5.74) is 3.45. The van der Waals surface area contributed by atoms with Crippen molar-refractivity contribution in [1.82, 2.24) is 0 Å². The van der Waals surface area contributed by atoms with Gasteiger partial charge in [-0.3, -0.25) is 0 Å². The smallest absolute Gasteiger partial charge is 0.0545 e.